The van der Waals surface area contributed by atoms with Gasteiger partial charge in [-0.3, -0.25) is 9.69 Å². The summed E-state index contributed by atoms with van der Waals surface area (Å²) in [7, 11) is 2.08. The lowest BCUT2D eigenvalue weighted by molar-refractivity contribution is -0.274. The largest absolute Gasteiger partial charge is 0.573 e. The van der Waals surface area contributed by atoms with Crippen molar-refractivity contribution in [3.8, 4) is 28.0 Å². The van der Waals surface area contributed by atoms with E-state index in [4.69, 9.17) is 0 Å². The third-order valence-corrected chi connectivity index (χ3v) is 9.12. The van der Waals surface area contributed by atoms with Crippen molar-refractivity contribution in [1.29, 1.82) is 0 Å². The first-order chi connectivity index (χ1) is 24.3. The van der Waals surface area contributed by atoms with Crippen LogP contribution in [0.2, 0.25) is 0 Å². The molecule has 3 aromatic rings. The van der Waals surface area contributed by atoms with E-state index in [-0.39, 0.29) is 25.2 Å². The second-order valence-corrected chi connectivity index (χ2v) is 14.0. The van der Waals surface area contributed by atoms with E-state index in [1.54, 1.807) is 37.6 Å². The fraction of sp³-hybridized carbons (Fsp3) is 0.472. The molecule has 2 aromatic carbocycles. The van der Waals surface area contributed by atoms with Crippen LogP contribution < -0.4 is 10.1 Å². The smallest absolute Gasteiger partial charge is 0.406 e. The molecule has 5 rings (SSSR count). The Morgan fingerprint density at radius 1 is 0.942 bits per heavy atom. The lowest BCUT2D eigenvalue weighted by atomic mass is 9.95. The number of carbonyl (C=O) groups is 3. The first-order valence-corrected chi connectivity index (χ1v) is 16.8. The van der Waals surface area contributed by atoms with Crippen molar-refractivity contribution in [2.24, 2.45) is 0 Å². The van der Waals surface area contributed by atoms with Gasteiger partial charge in [0.2, 0.25) is 0 Å². The zero-order valence-corrected chi connectivity index (χ0v) is 29.2. The molecule has 1 fully saturated rings. The number of likely N-dealkylation sites (N-methyl/N-ethyl adjacent to an activating group) is 1. The minimum Gasteiger partial charge on any atom is -0.406 e. The molecular formula is C36H41F6N5O5. The Hall–Kier alpha value is -4.57. The summed E-state index contributed by atoms with van der Waals surface area (Å²) in [6.07, 6.45) is -9.42. The molecule has 16 heteroatoms. The molecule has 2 aliphatic heterocycles. The van der Waals surface area contributed by atoms with Gasteiger partial charge in [-0.1, -0.05) is 36.4 Å². The number of benzene rings is 2. The Labute approximate surface area is 297 Å². The van der Waals surface area contributed by atoms with Crippen LogP contribution in [0.3, 0.4) is 0 Å². The van der Waals surface area contributed by atoms with E-state index < -0.39 is 47.8 Å². The van der Waals surface area contributed by atoms with E-state index in [2.05, 4.69) is 31.6 Å². The van der Waals surface area contributed by atoms with E-state index in [0.29, 0.717) is 28.7 Å². The van der Waals surface area contributed by atoms with Crippen molar-refractivity contribution >= 4 is 18.0 Å². The molecule has 1 saturated heterocycles. The number of aromatic nitrogens is 1. The summed E-state index contributed by atoms with van der Waals surface area (Å²) in [5.74, 6) is -3.44. The molecule has 1 N–H and O–H groups in total. The molecule has 52 heavy (non-hydrogen) atoms. The minimum absolute atomic E-state index is 0.0696. The summed E-state index contributed by atoms with van der Waals surface area (Å²) in [5, 5.41) is 2.89. The van der Waals surface area contributed by atoms with Gasteiger partial charge in [0.25, 0.3) is 5.91 Å². The molecule has 0 unspecified atom stereocenters. The second kappa shape index (κ2) is 15.2. The number of amides is 2. The number of rotatable bonds is 9. The van der Waals surface area contributed by atoms with Gasteiger partial charge in [-0.05, 0) is 69.5 Å². The van der Waals surface area contributed by atoms with Gasteiger partial charge in [0.15, 0.2) is 0 Å². The lowest BCUT2D eigenvalue weighted by Crippen LogP contribution is -2.48. The highest BCUT2D eigenvalue weighted by molar-refractivity contribution is 6.05. The Morgan fingerprint density at radius 2 is 1.62 bits per heavy atom. The molecular weight excluding hydrogens is 696 g/mol. The number of ether oxygens (including phenoxy) is 2. The van der Waals surface area contributed by atoms with Crippen molar-refractivity contribution < 1.29 is 50.2 Å². The van der Waals surface area contributed by atoms with Gasteiger partial charge in [0.05, 0.1) is 6.04 Å². The van der Waals surface area contributed by atoms with Crippen LogP contribution in [0.4, 0.5) is 31.1 Å². The van der Waals surface area contributed by atoms with E-state index in [1.165, 1.54) is 18.2 Å². The van der Waals surface area contributed by atoms with Crippen LogP contribution >= 0.6 is 0 Å². The Bertz CT molecular complexity index is 1760. The van der Waals surface area contributed by atoms with Crippen LogP contribution in [0.25, 0.3) is 22.3 Å². The number of piperazine rings is 1. The van der Waals surface area contributed by atoms with Crippen molar-refractivity contribution in [2.75, 3.05) is 46.3 Å². The average Bonchev–Trinajstić information content (AvgIpc) is 3.45. The highest BCUT2D eigenvalue weighted by atomic mass is 19.4. The number of nitrogens with one attached hydrogen (secondary N) is 1. The molecule has 0 spiro atoms. The Kier molecular flexibility index (Phi) is 11.3. The van der Waals surface area contributed by atoms with Crippen LogP contribution in [0.1, 0.15) is 55.7 Å². The van der Waals surface area contributed by atoms with Crippen LogP contribution in [0.15, 0.2) is 54.7 Å². The van der Waals surface area contributed by atoms with Gasteiger partial charge in [-0.15, -0.1) is 13.2 Å². The number of hydrogen-bond acceptors (Lipinski definition) is 7. The van der Waals surface area contributed by atoms with Crippen LogP contribution in [-0.2, 0) is 16.1 Å². The highest BCUT2D eigenvalue weighted by Gasteiger charge is 2.44. The average molecular weight is 738 g/mol. The number of alkyl halides is 6. The molecule has 0 saturated carbocycles. The Balaban J connectivity index is 1.46. The molecule has 0 bridgehead atoms. The number of carbonyl (C=O) groups excluding carboxylic acids is 3. The topological polar surface area (TPSA) is 96.4 Å². The predicted octanol–water partition coefficient (Wildman–Crippen LogP) is 6.86. The van der Waals surface area contributed by atoms with Gasteiger partial charge in [-0.25, -0.2) is 9.59 Å². The molecule has 1 atom stereocenters. The van der Waals surface area contributed by atoms with Crippen molar-refractivity contribution in [3.05, 3.63) is 66.0 Å². The van der Waals surface area contributed by atoms with Gasteiger partial charge in [0.1, 0.15) is 11.4 Å². The van der Waals surface area contributed by atoms with Gasteiger partial charge >= 0.3 is 24.6 Å². The zero-order chi connectivity index (χ0) is 38.0. The number of halogens is 6. The fourth-order valence-electron chi connectivity index (χ4n) is 6.47. The van der Waals surface area contributed by atoms with Crippen molar-refractivity contribution in [3.63, 3.8) is 0 Å². The van der Waals surface area contributed by atoms with E-state index >= 15 is 0 Å². The number of esters is 1. The molecule has 1 aromatic heterocycles. The van der Waals surface area contributed by atoms with Crippen LogP contribution in [0.5, 0.6) is 5.75 Å². The van der Waals surface area contributed by atoms with Gasteiger partial charge in [-0.2, -0.15) is 13.2 Å². The third-order valence-electron chi connectivity index (χ3n) is 9.12. The maximum atomic E-state index is 13.6. The number of fused-ring (bicyclic) bond motifs is 1. The molecule has 0 aliphatic carbocycles. The maximum Gasteiger partial charge on any atom is 0.573 e. The second-order valence-electron chi connectivity index (χ2n) is 14.0. The summed E-state index contributed by atoms with van der Waals surface area (Å²) in [4.78, 5) is 43.2. The monoisotopic (exact) mass is 737 g/mol. The summed E-state index contributed by atoms with van der Waals surface area (Å²) in [6, 6.07) is 12.8. The first-order valence-electron chi connectivity index (χ1n) is 16.8. The molecule has 2 amide bonds. The van der Waals surface area contributed by atoms with E-state index in [0.717, 1.165) is 43.2 Å². The maximum absolute atomic E-state index is 13.6. The van der Waals surface area contributed by atoms with Crippen LogP contribution in [0, 0.1) is 0 Å². The number of nitrogens with zero attached hydrogens (tertiary/aromatic N) is 4. The SMILES string of the molecule is CN1CCN(Cc2ccc(-c3c(-c4cccc(OC(F)(F)F)c4)cn4c3C(=O)NC[C@@H]4CCCN(C(=O)OC(=O)C(F)(F)F)C(C)(C)C)cc2)CC1. The molecule has 3 heterocycles. The van der Waals surface area contributed by atoms with Gasteiger partial charge < -0.3 is 29.2 Å². The van der Waals surface area contributed by atoms with E-state index in [9.17, 15) is 40.7 Å². The zero-order valence-electron chi connectivity index (χ0n) is 29.2. The molecule has 0 radical (unpaired) electrons. The van der Waals surface area contributed by atoms with E-state index in [1.807, 2.05) is 24.3 Å². The fourth-order valence-corrected chi connectivity index (χ4v) is 6.47. The van der Waals surface area contributed by atoms with Crippen molar-refractivity contribution in [2.45, 2.75) is 64.3 Å². The van der Waals surface area contributed by atoms with Crippen LogP contribution in [-0.4, -0.2) is 102 Å². The minimum atomic E-state index is -5.34. The van der Waals surface area contributed by atoms with Gasteiger partial charge in [0, 0.05) is 68.7 Å². The third kappa shape index (κ3) is 9.45. The first kappa shape index (κ1) is 38.7. The molecule has 10 nitrogen and oxygen atoms in total. The summed E-state index contributed by atoms with van der Waals surface area (Å²) in [5.41, 5.74) is 2.38. The summed E-state index contributed by atoms with van der Waals surface area (Å²) >= 11 is 0. The van der Waals surface area contributed by atoms with Crippen molar-refractivity contribution in [1.82, 2.24) is 24.6 Å². The normalized spacial score (nSPS) is 17.3. The lowest BCUT2D eigenvalue weighted by Gasteiger charge is -2.35. The molecule has 282 valence electrons. The standard InChI is InChI=1S/C36H41F6N5O5/c1-34(2,3)47(33(50)51-32(49)35(37,38)39)14-6-8-26-20-43-31(48)30-29(24-12-10-23(11-13-24)21-45-17-15-44(4)16-18-45)28(22-46(26)30)25-7-5-9-27(19-25)52-36(40,41)42/h5,7,9-13,19,22,26H,6,8,14-18,20-21H2,1-4H3,(H,43,48)/t26-/m0/s1. The summed E-state index contributed by atoms with van der Waals surface area (Å²) in [6.45, 7) is 9.37. The Morgan fingerprint density at radius 3 is 2.23 bits per heavy atom. The summed E-state index contributed by atoms with van der Waals surface area (Å²) < 4.78 is 87.9. The number of hydrogen-bond donors (Lipinski definition) is 1. The molecule has 2 aliphatic rings. The predicted molar refractivity (Wildman–Crippen MR) is 179 cm³/mol. The highest BCUT2D eigenvalue weighted by Crippen LogP contribution is 2.41. The quantitative estimate of drug-likeness (QED) is 0.146.